The number of nitrogens with zero attached hydrogens (tertiary/aromatic N) is 2. The maximum atomic E-state index is 13.3. The highest BCUT2D eigenvalue weighted by Crippen LogP contribution is 2.31. The topological polar surface area (TPSA) is 111 Å². The van der Waals surface area contributed by atoms with Gasteiger partial charge in [-0.15, -0.1) is 0 Å². The Kier molecular flexibility index (Phi) is 8.14. The van der Waals surface area contributed by atoms with Crippen LogP contribution in [-0.4, -0.2) is 112 Å². The number of ether oxygens (including phenoxy) is 2. The molecule has 10 heteroatoms. The van der Waals surface area contributed by atoms with E-state index < -0.39 is 0 Å². The zero-order chi connectivity index (χ0) is 28.3. The van der Waals surface area contributed by atoms with Gasteiger partial charge in [0.2, 0.25) is 11.8 Å². The number of nitrogens with one attached hydrogen (secondary N) is 2. The van der Waals surface area contributed by atoms with Crippen molar-refractivity contribution in [3.63, 3.8) is 0 Å². The molecule has 0 saturated carbocycles. The molecule has 0 unspecified atom stereocenters. The number of anilines is 2. The van der Waals surface area contributed by atoms with Gasteiger partial charge in [-0.1, -0.05) is 0 Å². The van der Waals surface area contributed by atoms with Crippen LogP contribution >= 0.6 is 0 Å². The van der Waals surface area contributed by atoms with Crippen molar-refractivity contribution in [2.75, 3.05) is 90.4 Å². The van der Waals surface area contributed by atoms with Gasteiger partial charge in [0, 0.05) is 33.6 Å². The number of morpholine rings is 2. The number of carbonyl (C=O) groups is 4. The van der Waals surface area contributed by atoms with Crippen molar-refractivity contribution < 1.29 is 37.6 Å². The zero-order valence-corrected chi connectivity index (χ0v) is 23.3. The van der Waals surface area contributed by atoms with E-state index in [0.717, 1.165) is 35.1 Å². The third-order valence-electron chi connectivity index (χ3n) is 8.44. The maximum absolute atomic E-state index is 13.3. The first-order chi connectivity index (χ1) is 19.1. The average molecular weight is 551 g/mol. The molecule has 2 aromatic carbocycles. The molecule has 0 atom stereocenters. The number of likely N-dealkylation sites (N-methyl/N-ethyl adjacent to an activating group) is 2. The van der Waals surface area contributed by atoms with E-state index >= 15 is 0 Å². The lowest BCUT2D eigenvalue weighted by atomic mass is 9.83. The summed E-state index contributed by atoms with van der Waals surface area (Å²) in [4.78, 5) is 52.0. The molecular weight excluding hydrogens is 512 g/mol. The van der Waals surface area contributed by atoms with Gasteiger partial charge in [0.15, 0.2) is 11.6 Å². The molecule has 1 aliphatic carbocycles. The van der Waals surface area contributed by atoms with Gasteiger partial charge in [-0.05, 0) is 36.4 Å². The Balaban J connectivity index is 1.22. The van der Waals surface area contributed by atoms with Gasteiger partial charge in [0.25, 0.3) is 0 Å². The van der Waals surface area contributed by atoms with Crippen molar-refractivity contribution in [3.05, 3.63) is 58.7 Å². The summed E-state index contributed by atoms with van der Waals surface area (Å²) in [6, 6.07) is 9.62. The van der Waals surface area contributed by atoms with E-state index in [0.29, 0.717) is 63.7 Å². The molecule has 5 rings (SSSR count). The summed E-state index contributed by atoms with van der Waals surface area (Å²) in [7, 11) is 4.25. The number of fused-ring (bicyclic) bond motifs is 2. The predicted molar refractivity (Wildman–Crippen MR) is 149 cm³/mol. The largest absolute Gasteiger partial charge is 0.370 e. The maximum Gasteiger partial charge on any atom is 0.230 e. The lowest BCUT2D eigenvalue weighted by Crippen LogP contribution is -2.53. The molecule has 0 aromatic heterocycles. The van der Waals surface area contributed by atoms with E-state index in [2.05, 4.69) is 24.7 Å². The number of amides is 2. The van der Waals surface area contributed by atoms with Gasteiger partial charge in [-0.2, -0.15) is 0 Å². The molecule has 0 bridgehead atoms. The molecule has 10 nitrogen and oxygen atoms in total. The summed E-state index contributed by atoms with van der Waals surface area (Å²) in [5.74, 6) is -0.832. The first kappa shape index (κ1) is 28.1. The molecule has 0 spiro atoms. The Morgan fingerprint density at radius 3 is 1.40 bits per heavy atom. The Hall–Kier alpha value is -3.44. The third-order valence-corrected chi connectivity index (χ3v) is 8.44. The second-order valence-electron chi connectivity index (χ2n) is 11.6. The van der Waals surface area contributed by atoms with Crippen LogP contribution in [0.5, 0.6) is 0 Å². The minimum atomic E-state index is -0.283. The van der Waals surface area contributed by atoms with Crippen LogP contribution < -0.4 is 10.6 Å². The normalized spacial score (nSPS) is 19.4. The van der Waals surface area contributed by atoms with Crippen molar-refractivity contribution in [2.24, 2.45) is 0 Å². The summed E-state index contributed by atoms with van der Waals surface area (Å²) in [5, 5.41) is 5.76. The molecule has 212 valence electrons. The van der Waals surface area contributed by atoms with Gasteiger partial charge in [0.05, 0.1) is 66.5 Å². The summed E-state index contributed by atoms with van der Waals surface area (Å²) >= 11 is 0. The molecule has 3 aliphatic rings. The SMILES string of the molecule is C[N+]1(CCC(=O)Nc2ccc3c(c2)C(=O)c2ccc(NC(=O)CC[N+]4(C)CCOCC4)cc2C3=O)CCOCC1. The van der Waals surface area contributed by atoms with Gasteiger partial charge in [-0.3, -0.25) is 19.2 Å². The van der Waals surface area contributed by atoms with Gasteiger partial charge in [0.1, 0.15) is 26.2 Å². The average Bonchev–Trinajstić information content (AvgIpc) is 2.95. The molecule has 2 aliphatic heterocycles. The number of quaternary nitrogens is 2. The molecule has 2 amide bonds. The van der Waals surface area contributed by atoms with E-state index in [4.69, 9.17) is 9.47 Å². The van der Waals surface area contributed by atoms with Crippen LogP contribution in [0.2, 0.25) is 0 Å². The highest BCUT2D eigenvalue weighted by molar-refractivity contribution is 6.29. The van der Waals surface area contributed by atoms with Crippen LogP contribution in [0.25, 0.3) is 0 Å². The van der Waals surface area contributed by atoms with E-state index in [9.17, 15) is 19.2 Å². The number of hydrogen-bond donors (Lipinski definition) is 2. The Bertz CT molecular complexity index is 1230. The fourth-order valence-corrected chi connectivity index (χ4v) is 5.51. The fraction of sp³-hybridized carbons (Fsp3) is 0.467. The molecule has 2 N–H and O–H groups in total. The minimum absolute atomic E-state index is 0.134. The number of carbonyl (C=O) groups excluding carboxylic acids is 4. The number of benzene rings is 2. The third kappa shape index (κ3) is 6.31. The highest BCUT2D eigenvalue weighted by atomic mass is 16.5. The van der Waals surface area contributed by atoms with E-state index in [1.165, 1.54) is 0 Å². The van der Waals surface area contributed by atoms with E-state index in [1.54, 1.807) is 36.4 Å². The molecule has 40 heavy (non-hydrogen) atoms. The Morgan fingerprint density at radius 2 is 1.02 bits per heavy atom. The molecule has 2 saturated heterocycles. The summed E-state index contributed by atoms with van der Waals surface area (Å²) in [6.07, 6.45) is 0.703. The standard InChI is InChI=1S/C30H36N4O6/c1-33(11-15-39-16-12-33)9-7-27(35)31-21-3-5-23-25(19-21)29(37)24-6-4-22(20-26(24)30(23)38)32-28(36)8-10-34(2)13-17-40-18-14-34/h3-6,19-20H,7-18H2,1-2H3/p+2. The first-order valence-corrected chi connectivity index (χ1v) is 13.9. The number of ketones is 2. The van der Waals surface area contributed by atoms with Crippen LogP contribution in [-0.2, 0) is 19.1 Å². The molecule has 2 heterocycles. The van der Waals surface area contributed by atoms with Crippen LogP contribution in [0, 0.1) is 0 Å². The van der Waals surface area contributed by atoms with Crippen LogP contribution in [0.4, 0.5) is 11.4 Å². The second kappa shape index (κ2) is 11.6. The Labute approximate surface area is 234 Å². The molecule has 2 fully saturated rings. The van der Waals surface area contributed by atoms with Crippen molar-refractivity contribution in [1.29, 1.82) is 0 Å². The van der Waals surface area contributed by atoms with Crippen molar-refractivity contribution >= 4 is 34.8 Å². The fourth-order valence-electron chi connectivity index (χ4n) is 5.51. The van der Waals surface area contributed by atoms with E-state index in [-0.39, 0.29) is 45.6 Å². The van der Waals surface area contributed by atoms with Gasteiger partial charge < -0.3 is 29.1 Å². The molecule has 2 aromatic rings. The molecule has 0 radical (unpaired) electrons. The lowest BCUT2D eigenvalue weighted by molar-refractivity contribution is -0.916. The van der Waals surface area contributed by atoms with Crippen LogP contribution in [0.15, 0.2) is 36.4 Å². The van der Waals surface area contributed by atoms with E-state index in [1.807, 2.05) is 0 Å². The summed E-state index contributed by atoms with van der Waals surface area (Å²) in [5.41, 5.74) is 2.07. The minimum Gasteiger partial charge on any atom is -0.370 e. The van der Waals surface area contributed by atoms with Crippen molar-refractivity contribution in [3.8, 4) is 0 Å². The highest BCUT2D eigenvalue weighted by Gasteiger charge is 2.31. The predicted octanol–water partition coefficient (Wildman–Crippen LogP) is 2.07. The van der Waals surface area contributed by atoms with Gasteiger partial charge in [-0.25, -0.2) is 0 Å². The monoisotopic (exact) mass is 550 g/mol. The zero-order valence-electron chi connectivity index (χ0n) is 23.3. The summed E-state index contributed by atoms with van der Waals surface area (Å²) < 4.78 is 12.4. The van der Waals surface area contributed by atoms with Crippen molar-refractivity contribution in [2.45, 2.75) is 12.8 Å². The first-order valence-electron chi connectivity index (χ1n) is 13.9. The van der Waals surface area contributed by atoms with Crippen LogP contribution in [0.3, 0.4) is 0 Å². The number of rotatable bonds is 8. The van der Waals surface area contributed by atoms with Crippen molar-refractivity contribution in [1.82, 2.24) is 0 Å². The van der Waals surface area contributed by atoms with Gasteiger partial charge >= 0.3 is 0 Å². The summed E-state index contributed by atoms with van der Waals surface area (Å²) in [6.45, 7) is 7.71. The lowest BCUT2D eigenvalue weighted by Gasteiger charge is -2.37. The number of hydrogen-bond acceptors (Lipinski definition) is 6. The molecular formula is C30H38N4O6+2. The smallest absolute Gasteiger partial charge is 0.230 e. The second-order valence-corrected chi connectivity index (χ2v) is 11.6. The quantitative estimate of drug-likeness (QED) is 0.416. The Morgan fingerprint density at radius 1 is 0.650 bits per heavy atom. The van der Waals surface area contributed by atoms with Crippen LogP contribution in [0.1, 0.15) is 44.7 Å².